The first-order valence-electron chi connectivity index (χ1n) is 13.7. The van der Waals surface area contributed by atoms with Gasteiger partial charge in [0.15, 0.2) is 0 Å². The second kappa shape index (κ2) is 10.1. The summed E-state index contributed by atoms with van der Waals surface area (Å²) < 4.78 is 17.5. The van der Waals surface area contributed by atoms with Crippen LogP contribution in [0.15, 0.2) is 0 Å². The van der Waals surface area contributed by atoms with E-state index in [1.165, 1.54) is 0 Å². The molecule has 0 radical (unpaired) electrons. The van der Waals surface area contributed by atoms with Gasteiger partial charge in [-0.1, -0.05) is 6.92 Å². The van der Waals surface area contributed by atoms with Gasteiger partial charge in [0.25, 0.3) is 0 Å². The van der Waals surface area contributed by atoms with Crippen LogP contribution in [0.2, 0.25) is 0 Å². The number of hydrogen-bond acceptors (Lipinski definition) is 7. The average molecular weight is 507 g/mol. The molecule has 8 nitrogen and oxygen atoms in total. The van der Waals surface area contributed by atoms with Gasteiger partial charge in [-0.3, -0.25) is 19.2 Å². The van der Waals surface area contributed by atoms with Crippen molar-refractivity contribution in [2.24, 2.45) is 34.5 Å². The number of ether oxygens (including phenoxy) is 3. The molecule has 4 saturated carbocycles. The van der Waals surface area contributed by atoms with E-state index in [9.17, 15) is 24.3 Å². The maximum Gasteiger partial charge on any atom is 0.314 e. The van der Waals surface area contributed by atoms with Gasteiger partial charge in [0.1, 0.15) is 11.4 Å². The number of hydrogen-bond donors (Lipinski definition) is 1. The molecule has 0 aromatic heterocycles. The molecule has 5 unspecified atom stereocenters. The Bertz CT molecular complexity index is 870. The number of carbonyl (C=O) groups is 4. The third-order valence-corrected chi connectivity index (χ3v) is 9.06. The Hall–Kier alpha value is -1.96. The molecule has 8 heteroatoms. The van der Waals surface area contributed by atoms with Crippen LogP contribution in [0.25, 0.3) is 0 Å². The summed E-state index contributed by atoms with van der Waals surface area (Å²) in [6.07, 6.45) is 6.21. The molecular formula is C28H42O8. The highest BCUT2D eigenvalue weighted by atomic mass is 16.7. The largest absolute Gasteiger partial charge is 0.481 e. The minimum Gasteiger partial charge on any atom is -0.481 e. The van der Waals surface area contributed by atoms with Gasteiger partial charge < -0.3 is 19.3 Å². The lowest BCUT2D eigenvalue weighted by Crippen LogP contribution is -2.57. The molecule has 202 valence electrons. The molecule has 0 amide bonds. The first kappa shape index (κ1) is 27.1. The zero-order chi connectivity index (χ0) is 26.3. The normalized spacial score (nSPS) is 34.1. The maximum absolute atomic E-state index is 13.5. The van der Waals surface area contributed by atoms with Gasteiger partial charge in [-0.15, -0.1) is 0 Å². The number of carboxylic acids is 1. The van der Waals surface area contributed by atoms with E-state index in [-0.39, 0.29) is 30.6 Å². The van der Waals surface area contributed by atoms with Crippen LogP contribution in [-0.4, -0.2) is 47.3 Å². The van der Waals surface area contributed by atoms with Crippen LogP contribution >= 0.6 is 0 Å². The molecule has 1 aliphatic heterocycles. The van der Waals surface area contributed by atoms with Crippen molar-refractivity contribution in [3.05, 3.63) is 0 Å². The standard InChI is InChI=1S/C28H42O8/c1-5-18(23(30)36-28-12-17-10-19(14-28)22(29)20(11-17)15-28)13-27(4,16-26(2,3)24(31)32)25(33)35-21-8-6-7-9-34-21/h17-21H,5-16H2,1-4H3,(H,31,32). The van der Waals surface area contributed by atoms with Crippen molar-refractivity contribution >= 4 is 23.7 Å². The first-order chi connectivity index (χ1) is 16.9. The quantitative estimate of drug-likeness (QED) is 0.425. The van der Waals surface area contributed by atoms with Gasteiger partial charge in [-0.2, -0.15) is 0 Å². The molecule has 5 rings (SSSR count). The predicted molar refractivity (Wildman–Crippen MR) is 130 cm³/mol. The smallest absolute Gasteiger partial charge is 0.314 e. The van der Waals surface area contributed by atoms with Crippen LogP contribution in [0.3, 0.4) is 0 Å². The van der Waals surface area contributed by atoms with Crippen molar-refractivity contribution in [3.63, 3.8) is 0 Å². The molecule has 36 heavy (non-hydrogen) atoms. The minimum absolute atomic E-state index is 0.00349. The van der Waals surface area contributed by atoms with Crippen LogP contribution in [0.4, 0.5) is 0 Å². The SMILES string of the molecule is CCC(CC(C)(CC(C)(C)C(=O)O)C(=O)OC1CCCCO1)C(=O)OC12CC3CC(C1)C(=O)C(C3)C2. The zero-order valence-electron chi connectivity index (χ0n) is 22.2. The van der Waals surface area contributed by atoms with Crippen molar-refractivity contribution in [1.82, 2.24) is 0 Å². The van der Waals surface area contributed by atoms with E-state index in [0.29, 0.717) is 44.0 Å². The fraction of sp³-hybridized carbons (Fsp3) is 0.857. The maximum atomic E-state index is 13.5. The molecule has 0 spiro atoms. The van der Waals surface area contributed by atoms with E-state index < -0.39 is 40.6 Å². The van der Waals surface area contributed by atoms with Gasteiger partial charge >= 0.3 is 17.9 Å². The van der Waals surface area contributed by atoms with Crippen LogP contribution in [-0.2, 0) is 33.4 Å². The zero-order valence-corrected chi connectivity index (χ0v) is 22.2. The summed E-state index contributed by atoms with van der Waals surface area (Å²) in [7, 11) is 0. The summed E-state index contributed by atoms with van der Waals surface area (Å²) in [4.78, 5) is 51.5. The third-order valence-electron chi connectivity index (χ3n) is 9.06. The van der Waals surface area contributed by atoms with Crippen molar-refractivity contribution < 1.29 is 38.5 Å². The van der Waals surface area contributed by atoms with Gasteiger partial charge in [0.2, 0.25) is 6.29 Å². The van der Waals surface area contributed by atoms with E-state index in [0.717, 1.165) is 32.1 Å². The van der Waals surface area contributed by atoms with Crippen LogP contribution < -0.4 is 0 Å². The van der Waals surface area contributed by atoms with Crippen LogP contribution in [0, 0.1) is 34.5 Å². The molecule has 5 fully saturated rings. The van der Waals surface area contributed by atoms with Gasteiger partial charge in [-0.05, 0) is 90.9 Å². The number of aliphatic carboxylic acids is 1. The second-order valence-corrected chi connectivity index (χ2v) is 12.8. The molecular weight excluding hydrogens is 464 g/mol. The number of carbonyl (C=O) groups excluding carboxylic acids is 3. The number of esters is 2. The highest BCUT2D eigenvalue weighted by molar-refractivity contribution is 5.86. The Morgan fingerprint density at radius 1 is 1.11 bits per heavy atom. The minimum atomic E-state index is -1.21. The highest BCUT2D eigenvalue weighted by Gasteiger charge is 2.57. The Labute approximate surface area is 213 Å². The summed E-state index contributed by atoms with van der Waals surface area (Å²) in [5.74, 6) is -1.72. The van der Waals surface area contributed by atoms with Crippen LogP contribution in [0.1, 0.15) is 98.3 Å². The molecule has 0 aromatic rings. The summed E-state index contributed by atoms with van der Waals surface area (Å²) in [6.45, 7) is 7.27. The molecule has 5 aliphatic rings. The third kappa shape index (κ3) is 5.48. The Kier molecular flexibility index (Phi) is 7.58. The topological polar surface area (TPSA) is 116 Å². The summed E-state index contributed by atoms with van der Waals surface area (Å²) in [6, 6.07) is 0. The number of ketones is 1. The fourth-order valence-corrected chi connectivity index (χ4v) is 7.38. The van der Waals surface area contributed by atoms with Crippen LogP contribution in [0.5, 0.6) is 0 Å². The first-order valence-corrected chi connectivity index (χ1v) is 13.7. The summed E-state index contributed by atoms with van der Waals surface area (Å²) >= 11 is 0. The van der Waals surface area contributed by atoms with Gasteiger partial charge in [0, 0.05) is 18.3 Å². The van der Waals surface area contributed by atoms with Crippen molar-refractivity contribution in [2.75, 3.05) is 6.61 Å². The lowest BCUT2D eigenvalue weighted by molar-refractivity contribution is -0.202. The lowest BCUT2D eigenvalue weighted by atomic mass is 9.53. The van der Waals surface area contributed by atoms with Crippen molar-refractivity contribution in [2.45, 2.75) is 110 Å². The summed E-state index contributed by atoms with van der Waals surface area (Å²) in [5.41, 5.74) is -2.98. The summed E-state index contributed by atoms with van der Waals surface area (Å²) in [5, 5.41) is 9.78. The fourth-order valence-electron chi connectivity index (χ4n) is 7.38. The van der Waals surface area contributed by atoms with E-state index in [1.54, 1.807) is 20.8 Å². The van der Waals surface area contributed by atoms with Crippen molar-refractivity contribution in [3.8, 4) is 0 Å². The van der Waals surface area contributed by atoms with Crippen molar-refractivity contribution in [1.29, 1.82) is 0 Å². The van der Waals surface area contributed by atoms with Gasteiger partial charge in [0.05, 0.1) is 23.4 Å². The predicted octanol–water partition coefficient (Wildman–Crippen LogP) is 4.67. The lowest BCUT2D eigenvalue weighted by Gasteiger charge is -2.54. The monoisotopic (exact) mass is 506 g/mol. The molecule has 1 heterocycles. The number of carboxylic acid groups (broad SMARTS) is 1. The number of rotatable bonds is 10. The molecule has 4 bridgehead atoms. The molecule has 0 aromatic carbocycles. The van der Waals surface area contributed by atoms with E-state index in [2.05, 4.69) is 0 Å². The molecule has 1 saturated heterocycles. The number of Topliss-reactive ketones (excluding diaryl/α,β-unsaturated/α-hetero) is 1. The second-order valence-electron chi connectivity index (χ2n) is 12.8. The Morgan fingerprint density at radius 2 is 1.78 bits per heavy atom. The average Bonchev–Trinajstić information content (AvgIpc) is 2.80. The van der Waals surface area contributed by atoms with E-state index >= 15 is 0 Å². The Balaban J connectivity index is 1.50. The molecule has 5 atom stereocenters. The van der Waals surface area contributed by atoms with E-state index in [1.807, 2.05) is 6.92 Å². The van der Waals surface area contributed by atoms with Gasteiger partial charge in [-0.25, -0.2) is 0 Å². The van der Waals surface area contributed by atoms with E-state index in [4.69, 9.17) is 14.2 Å². The Morgan fingerprint density at radius 3 is 2.33 bits per heavy atom. The molecule has 1 N–H and O–H groups in total. The highest BCUT2D eigenvalue weighted by Crippen LogP contribution is 2.56. The molecule has 4 aliphatic carbocycles.